The number of anilines is 2. The minimum Gasteiger partial charge on any atom is -0.477 e. The maximum atomic E-state index is 12.4. The molecule has 33 heavy (non-hydrogen) atoms. The van der Waals surface area contributed by atoms with Crippen molar-refractivity contribution in [2.75, 3.05) is 5.32 Å². The number of rotatable bonds is 7. The first kappa shape index (κ1) is 21.8. The summed E-state index contributed by atoms with van der Waals surface area (Å²) in [6.45, 7) is 0.164. The Kier molecular flexibility index (Phi) is 6.18. The first-order valence-electron chi connectivity index (χ1n) is 9.57. The van der Waals surface area contributed by atoms with Crippen molar-refractivity contribution in [1.29, 1.82) is 0 Å². The number of aromatic nitrogens is 4. The van der Waals surface area contributed by atoms with E-state index in [2.05, 4.69) is 20.3 Å². The molecule has 0 atom stereocenters. The number of carboxylic acid groups (broad SMARTS) is 1. The summed E-state index contributed by atoms with van der Waals surface area (Å²) in [5.41, 5.74) is -0.184. The molecule has 0 fully saturated rings. The van der Waals surface area contributed by atoms with Crippen LogP contribution in [0.3, 0.4) is 0 Å². The van der Waals surface area contributed by atoms with Crippen molar-refractivity contribution in [3.05, 3.63) is 104 Å². The Labute approximate surface area is 191 Å². The van der Waals surface area contributed by atoms with Gasteiger partial charge in [-0.3, -0.25) is 9.55 Å². The maximum absolute atomic E-state index is 12.4. The lowest BCUT2D eigenvalue weighted by molar-refractivity contribution is 0.0690. The van der Waals surface area contributed by atoms with Gasteiger partial charge in [0.15, 0.2) is 5.69 Å². The first-order chi connectivity index (χ1) is 15.9. The van der Waals surface area contributed by atoms with Crippen molar-refractivity contribution < 1.29 is 14.6 Å². The summed E-state index contributed by atoms with van der Waals surface area (Å²) >= 11 is 5.91. The van der Waals surface area contributed by atoms with Crippen molar-refractivity contribution in [2.45, 2.75) is 6.54 Å². The molecule has 11 heteroatoms. The van der Waals surface area contributed by atoms with E-state index in [4.69, 9.17) is 21.4 Å². The predicted molar refractivity (Wildman–Crippen MR) is 121 cm³/mol. The number of aromatic carboxylic acids is 1. The van der Waals surface area contributed by atoms with Gasteiger partial charge in [-0.05, 0) is 48.0 Å². The largest absolute Gasteiger partial charge is 0.477 e. The van der Waals surface area contributed by atoms with Crippen molar-refractivity contribution >= 4 is 29.2 Å². The van der Waals surface area contributed by atoms with Crippen LogP contribution in [-0.4, -0.2) is 30.6 Å². The molecule has 0 aliphatic rings. The number of halogens is 1. The van der Waals surface area contributed by atoms with Crippen LogP contribution in [0.5, 0.6) is 11.5 Å². The molecular formula is C22H16ClN5O5. The molecular weight excluding hydrogens is 450 g/mol. The third-order valence-electron chi connectivity index (χ3n) is 4.47. The second-order valence-electron chi connectivity index (χ2n) is 6.82. The normalized spacial score (nSPS) is 10.6. The monoisotopic (exact) mass is 465 g/mol. The molecule has 0 bridgehead atoms. The van der Waals surface area contributed by atoms with Gasteiger partial charge in [0, 0.05) is 23.0 Å². The Balaban J connectivity index is 1.55. The fourth-order valence-electron chi connectivity index (χ4n) is 2.92. The minimum atomic E-state index is -1.16. The van der Waals surface area contributed by atoms with Gasteiger partial charge in [0.25, 0.3) is 0 Å². The zero-order valence-electron chi connectivity index (χ0n) is 16.9. The lowest BCUT2D eigenvalue weighted by atomic mass is 10.2. The van der Waals surface area contributed by atoms with Crippen LogP contribution < -0.4 is 21.4 Å². The van der Waals surface area contributed by atoms with Gasteiger partial charge in [0.2, 0.25) is 5.95 Å². The Morgan fingerprint density at radius 1 is 1.06 bits per heavy atom. The first-order valence-corrected chi connectivity index (χ1v) is 9.95. The second kappa shape index (κ2) is 9.37. The van der Waals surface area contributed by atoms with Crippen LogP contribution in [0.1, 0.15) is 16.1 Å². The van der Waals surface area contributed by atoms with E-state index < -0.39 is 17.3 Å². The molecule has 0 radical (unpaired) electrons. The molecule has 0 unspecified atom stereocenters. The van der Waals surface area contributed by atoms with Crippen LogP contribution in [0.25, 0.3) is 0 Å². The average molecular weight is 466 g/mol. The number of ether oxygens (including phenoxy) is 1. The van der Waals surface area contributed by atoms with E-state index in [0.717, 1.165) is 5.56 Å². The van der Waals surface area contributed by atoms with Gasteiger partial charge in [0.05, 0.1) is 6.54 Å². The molecule has 0 spiro atoms. The van der Waals surface area contributed by atoms with Gasteiger partial charge in [-0.1, -0.05) is 23.7 Å². The second-order valence-corrected chi connectivity index (χ2v) is 7.25. The number of hydrogen-bond donors (Lipinski definition) is 3. The van der Waals surface area contributed by atoms with Gasteiger partial charge >= 0.3 is 17.3 Å². The van der Waals surface area contributed by atoms with Gasteiger partial charge < -0.3 is 15.2 Å². The van der Waals surface area contributed by atoms with E-state index in [1.807, 2.05) is 0 Å². The zero-order valence-corrected chi connectivity index (χ0v) is 17.6. The van der Waals surface area contributed by atoms with Crippen LogP contribution in [0.4, 0.5) is 11.6 Å². The summed E-state index contributed by atoms with van der Waals surface area (Å²) < 4.78 is 6.95. The van der Waals surface area contributed by atoms with Crippen LogP contribution >= 0.6 is 11.6 Å². The molecule has 2 heterocycles. The fourth-order valence-corrected chi connectivity index (χ4v) is 3.04. The molecule has 166 valence electrons. The highest BCUT2D eigenvalue weighted by atomic mass is 35.5. The minimum absolute atomic E-state index is 0.0626. The van der Waals surface area contributed by atoms with E-state index in [1.54, 1.807) is 48.5 Å². The topological polar surface area (TPSA) is 139 Å². The molecule has 0 saturated heterocycles. The Bertz CT molecular complexity index is 1420. The van der Waals surface area contributed by atoms with Gasteiger partial charge in [-0.2, -0.15) is 4.98 Å². The van der Waals surface area contributed by atoms with Gasteiger partial charge in [-0.25, -0.2) is 19.4 Å². The number of hydrogen-bond acceptors (Lipinski definition) is 7. The number of benzene rings is 2. The highest BCUT2D eigenvalue weighted by Crippen LogP contribution is 2.24. The number of pyridine rings is 1. The number of H-pyrrole nitrogens is 1. The van der Waals surface area contributed by atoms with Crippen molar-refractivity contribution in [3.63, 3.8) is 0 Å². The predicted octanol–water partition coefficient (Wildman–Crippen LogP) is 3.26. The van der Waals surface area contributed by atoms with E-state index >= 15 is 0 Å². The van der Waals surface area contributed by atoms with Crippen LogP contribution in [0.15, 0.2) is 76.4 Å². The third kappa shape index (κ3) is 5.43. The molecule has 3 N–H and O–H groups in total. The fraction of sp³-hybridized carbons (Fsp3) is 0.0455. The number of carboxylic acids is 1. The van der Waals surface area contributed by atoms with Crippen LogP contribution in [-0.2, 0) is 6.54 Å². The SMILES string of the molecule is O=C(O)c1cc(Oc2ccc(Nc3nc(=O)[nH]c(=O)n3Cc3ccc(Cl)cc3)cc2)ccn1. The lowest BCUT2D eigenvalue weighted by Crippen LogP contribution is -2.34. The average Bonchev–Trinajstić information content (AvgIpc) is 2.79. The molecule has 0 aliphatic carbocycles. The van der Waals surface area contributed by atoms with E-state index in [-0.39, 0.29) is 18.2 Å². The standard InChI is InChI=1S/C22H16ClN5O5/c23-14-3-1-13(2-4-14)12-28-20(26-21(31)27-22(28)32)25-15-5-7-16(8-6-15)33-17-9-10-24-18(11-17)19(29)30/h1-11H,12H2,(H,29,30)(H2,25,26,27,31,32). The number of carbonyl (C=O) groups is 1. The Morgan fingerprint density at radius 3 is 2.48 bits per heavy atom. The van der Waals surface area contributed by atoms with Crippen LogP contribution in [0, 0.1) is 0 Å². The summed E-state index contributed by atoms with van der Waals surface area (Å²) in [7, 11) is 0. The summed E-state index contributed by atoms with van der Waals surface area (Å²) in [4.78, 5) is 45.0. The Hall–Kier alpha value is -4.44. The molecule has 10 nitrogen and oxygen atoms in total. The number of nitrogens with one attached hydrogen (secondary N) is 2. The maximum Gasteiger partial charge on any atom is 0.354 e. The molecule has 4 aromatic rings. The summed E-state index contributed by atoms with van der Waals surface area (Å²) in [6, 6.07) is 16.4. The molecule has 2 aromatic heterocycles. The van der Waals surface area contributed by atoms with E-state index in [9.17, 15) is 14.4 Å². The lowest BCUT2D eigenvalue weighted by Gasteiger charge is -2.13. The van der Waals surface area contributed by atoms with Crippen molar-refractivity contribution in [3.8, 4) is 11.5 Å². The molecule has 0 aliphatic heterocycles. The molecule has 4 rings (SSSR count). The summed E-state index contributed by atoms with van der Waals surface area (Å²) in [6.07, 6.45) is 1.34. The molecule has 2 aromatic carbocycles. The van der Waals surface area contributed by atoms with Gasteiger partial charge in [-0.15, -0.1) is 0 Å². The summed E-state index contributed by atoms with van der Waals surface area (Å²) in [5, 5.41) is 12.6. The Morgan fingerprint density at radius 2 is 1.79 bits per heavy atom. The summed E-state index contributed by atoms with van der Waals surface area (Å²) in [5.74, 6) is -0.334. The zero-order chi connectivity index (χ0) is 23.4. The van der Waals surface area contributed by atoms with Crippen molar-refractivity contribution in [1.82, 2.24) is 19.5 Å². The van der Waals surface area contributed by atoms with E-state index in [1.165, 1.54) is 22.9 Å². The van der Waals surface area contributed by atoms with Crippen molar-refractivity contribution in [2.24, 2.45) is 0 Å². The number of nitrogens with zero attached hydrogens (tertiary/aromatic N) is 3. The highest BCUT2D eigenvalue weighted by Gasteiger charge is 2.10. The van der Waals surface area contributed by atoms with Gasteiger partial charge in [0.1, 0.15) is 11.5 Å². The molecule has 0 amide bonds. The number of aromatic amines is 1. The quantitative estimate of drug-likeness (QED) is 0.378. The smallest absolute Gasteiger partial charge is 0.354 e. The van der Waals surface area contributed by atoms with E-state index in [0.29, 0.717) is 22.2 Å². The van der Waals surface area contributed by atoms with Crippen LogP contribution in [0.2, 0.25) is 5.02 Å². The highest BCUT2D eigenvalue weighted by molar-refractivity contribution is 6.30. The molecule has 0 saturated carbocycles. The third-order valence-corrected chi connectivity index (χ3v) is 4.72.